The van der Waals surface area contributed by atoms with Gasteiger partial charge in [0.25, 0.3) is 0 Å². The Morgan fingerprint density at radius 2 is 1.83 bits per heavy atom. The first-order chi connectivity index (χ1) is 16.9. The van der Waals surface area contributed by atoms with E-state index in [1.54, 1.807) is 6.92 Å². The second-order valence-electron chi connectivity index (χ2n) is 8.63. The molecule has 1 unspecified atom stereocenters. The fourth-order valence-corrected chi connectivity index (χ4v) is 3.97. The molecule has 8 heteroatoms. The summed E-state index contributed by atoms with van der Waals surface area (Å²) in [4.78, 5) is 23.3. The third-order valence-electron chi connectivity index (χ3n) is 5.66. The molecular weight excluding hydrogens is 444 g/mol. The number of aliphatic hydroxyl groups excluding tert-OH is 1. The van der Waals surface area contributed by atoms with Crippen molar-refractivity contribution in [2.45, 2.75) is 52.6 Å². The topological polar surface area (TPSA) is 114 Å². The molecule has 182 valence electrons. The number of hydrogen-bond acceptors (Lipinski definition) is 7. The minimum atomic E-state index is -0.587. The maximum absolute atomic E-state index is 11.4. The SMILES string of the molecule is CCCCc1nc(C)nc(OCC(C)O)c1Cc1ccc(-c2ccccc2-c2noc(=O)[nH]2)cc1. The molecule has 0 aliphatic carbocycles. The quantitative estimate of drug-likeness (QED) is 0.348. The third kappa shape index (κ3) is 6.02. The van der Waals surface area contributed by atoms with Gasteiger partial charge in [-0.15, -0.1) is 0 Å². The van der Waals surface area contributed by atoms with Crippen molar-refractivity contribution in [3.63, 3.8) is 0 Å². The zero-order valence-corrected chi connectivity index (χ0v) is 20.2. The van der Waals surface area contributed by atoms with Crippen LogP contribution in [0.25, 0.3) is 22.5 Å². The van der Waals surface area contributed by atoms with Crippen LogP contribution < -0.4 is 10.5 Å². The molecule has 0 spiro atoms. The molecule has 2 aromatic heterocycles. The van der Waals surface area contributed by atoms with Gasteiger partial charge in [0, 0.05) is 17.5 Å². The molecular formula is C27H30N4O4. The Morgan fingerprint density at radius 1 is 1.09 bits per heavy atom. The average molecular weight is 475 g/mol. The van der Waals surface area contributed by atoms with Crippen molar-refractivity contribution in [3.8, 4) is 28.4 Å². The summed E-state index contributed by atoms with van der Waals surface area (Å²) in [6, 6.07) is 15.9. The molecule has 2 aromatic carbocycles. The summed E-state index contributed by atoms with van der Waals surface area (Å²) in [6.07, 6.45) is 2.97. The van der Waals surface area contributed by atoms with Gasteiger partial charge < -0.3 is 9.84 Å². The van der Waals surface area contributed by atoms with Crippen LogP contribution in [0.5, 0.6) is 5.88 Å². The number of aryl methyl sites for hydroxylation is 2. The van der Waals surface area contributed by atoms with E-state index in [1.165, 1.54) is 0 Å². The standard InChI is InChI=1S/C27H30N4O4/c1-4-5-10-24-23(26(29-18(3)28-24)34-16-17(2)32)15-19-11-13-20(14-12-19)21-8-6-7-9-22(21)25-30-27(33)35-31-25/h6-9,11-14,17,32H,4-5,10,15-16H2,1-3H3,(H,30,31,33). The maximum atomic E-state index is 11.4. The summed E-state index contributed by atoms with van der Waals surface area (Å²) in [5.74, 6) is 1.01. The zero-order chi connectivity index (χ0) is 24.8. The lowest BCUT2D eigenvalue weighted by Crippen LogP contribution is -2.16. The number of ether oxygens (including phenoxy) is 1. The lowest BCUT2D eigenvalue weighted by atomic mass is 9.96. The average Bonchev–Trinajstić information content (AvgIpc) is 3.29. The Morgan fingerprint density at radius 3 is 2.49 bits per heavy atom. The van der Waals surface area contributed by atoms with Gasteiger partial charge in [-0.2, -0.15) is 4.98 Å². The second-order valence-corrected chi connectivity index (χ2v) is 8.63. The van der Waals surface area contributed by atoms with E-state index in [2.05, 4.69) is 38.7 Å². The Balaban J connectivity index is 1.65. The van der Waals surface area contributed by atoms with Crippen LogP contribution in [0.15, 0.2) is 57.8 Å². The van der Waals surface area contributed by atoms with Crippen molar-refractivity contribution in [2.24, 2.45) is 0 Å². The second kappa shape index (κ2) is 11.1. The Bertz CT molecular complexity index is 1330. The van der Waals surface area contributed by atoms with Crippen molar-refractivity contribution in [3.05, 3.63) is 81.7 Å². The van der Waals surface area contributed by atoms with E-state index in [0.717, 1.165) is 52.8 Å². The molecule has 4 aromatic rings. The summed E-state index contributed by atoms with van der Waals surface area (Å²) in [5.41, 5.74) is 5.75. The third-order valence-corrected chi connectivity index (χ3v) is 5.66. The molecule has 8 nitrogen and oxygen atoms in total. The summed E-state index contributed by atoms with van der Waals surface area (Å²) in [5, 5.41) is 13.6. The van der Waals surface area contributed by atoms with Gasteiger partial charge in [0.2, 0.25) is 5.88 Å². The number of aromatic amines is 1. The number of nitrogens with one attached hydrogen (secondary N) is 1. The molecule has 0 saturated carbocycles. The van der Waals surface area contributed by atoms with Crippen molar-refractivity contribution >= 4 is 0 Å². The Labute approximate surface area is 204 Å². The molecule has 2 N–H and O–H groups in total. The number of nitrogens with zero attached hydrogens (tertiary/aromatic N) is 3. The molecule has 0 saturated heterocycles. The summed E-state index contributed by atoms with van der Waals surface area (Å²) >= 11 is 0. The van der Waals surface area contributed by atoms with Gasteiger partial charge in [0.1, 0.15) is 12.4 Å². The summed E-state index contributed by atoms with van der Waals surface area (Å²) in [6.45, 7) is 5.89. The largest absolute Gasteiger partial charge is 0.475 e. The van der Waals surface area contributed by atoms with E-state index in [4.69, 9.17) is 9.72 Å². The minimum Gasteiger partial charge on any atom is -0.475 e. The van der Waals surface area contributed by atoms with E-state index in [1.807, 2.05) is 43.3 Å². The van der Waals surface area contributed by atoms with Gasteiger partial charge in [-0.1, -0.05) is 67.0 Å². The normalized spacial score (nSPS) is 12.0. The van der Waals surface area contributed by atoms with Crippen LogP contribution in [0.2, 0.25) is 0 Å². The highest BCUT2D eigenvalue weighted by Crippen LogP contribution is 2.31. The van der Waals surface area contributed by atoms with Gasteiger partial charge >= 0.3 is 5.76 Å². The number of unbranched alkanes of at least 4 members (excludes halogenated alkanes) is 1. The molecule has 1 atom stereocenters. The van der Waals surface area contributed by atoms with E-state index < -0.39 is 11.9 Å². The van der Waals surface area contributed by atoms with Crippen molar-refractivity contribution in [1.82, 2.24) is 20.1 Å². The highest BCUT2D eigenvalue weighted by molar-refractivity contribution is 5.80. The van der Waals surface area contributed by atoms with Crippen LogP contribution in [-0.4, -0.2) is 37.9 Å². The highest BCUT2D eigenvalue weighted by atomic mass is 16.5. The molecule has 0 fully saturated rings. The fraction of sp³-hybridized carbons (Fsp3) is 0.333. The van der Waals surface area contributed by atoms with E-state index in [0.29, 0.717) is 23.9 Å². The number of benzene rings is 2. The smallest absolute Gasteiger partial charge is 0.439 e. The molecule has 0 bridgehead atoms. The van der Waals surface area contributed by atoms with Crippen molar-refractivity contribution in [2.75, 3.05) is 6.61 Å². The summed E-state index contributed by atoms with van der Waals surface area (Å²) in [7, 11) is 0. The Kier molecular flexibility index (Phi) is 7.72. The lowest BCUT2D eigenvalue weighted by Gasteiger charge is -2.16. The van der Waals surface area contributed by atoms with Crippen LogP contribution in [0, 0.1) is 6.92 Å². The Hall–Kier alpha value is -3.78. The van der Waals surface area contributed by atoms with Crippen molar-refractivity contribution < 1.29 is 14.4 Å². The van der Waals surface area contributed by atoms with Gasteiger partial charge in [-0.05, 0) is 43.4 Å². The summed E-state index contributed by atoms with van der Waals surface area (Å²) < 4.78 is 10.6. The maximum Gasteiger partial charge on any atom is 0.439 e. The number of aliphatic hydroxyl groups is 1. The molecule has 0 aliphatic rings. The van der Waals surface area contributed by atoms with Gasteiger partial charge in [0.15, 0.2) is 5.82 Å². The fourth-order valence-electron chi connectivity index (χ4n) is 3.97. The number of aromatic nitrogens is 4. The number of hydrogen-bond donors (Lipinski definition) is 2. The van der Waals surface area contributed by atoms with Gasteiger partial charge in [0.05, 0.1) is 11.8 Å². The molecule has 0 amide bonds. The monoisotopic (exact) mass is 474 g/mol. The molecule has 0 aliphatic heterocycles. The number of H-pyrrole nitrogens is 1. The highest BCUT2D eigenvalue weighted by Gasteiger charge is 2.17. The van der Waals surface area contributed by atoms with Crippen LogP contribution >= 0.6 is 0 Å². The first-order valence-corrected chi connectivity index (χ1v) is 11.9. The molecule has 0 radical (unpaired) electrons. The minimum absolute atomic E-state index is 0.177. The molecule has 2 heterocycles. The lowest BCUT2D eigenvalue weighted by molar-refractivity contribution is 0.119. The van der Waals surface area contributed by atoms with Crippen LogP contribution in [-0.2, 0) is 12.8 Å². The van der Waals surface area contributed by atoms with E-state index in [-0.39, 0.29) is 6.61 Å². The van der Waals surface area contributed by atoms with Gasteiger partial charge in [-0.25, -0.2) is 9.78 Å². The first kappa shape index (κ1) is 24.3. The van der Waals surface area contributed by atoms with E-state index in [9.17, 15) is 9.90 Å². The molecule has 4 rings (SSSR count). The van der Waals surface area contributed by atoms with E-state index >= 15 is 0 Å². The number of rotatable bonds is 10. The predicted molar refractivity (Wildman–Crippen MR) is 133 cm³/mol. The molecule has 35 heavy (non-hydrogen) atoms. The van der Waals surface area contributed by atoms with Gasteiger partial charge in [-0.3, -0.25) is 9.51 Å². The van der Waals surface area contributed by atoms with Crippen LogP contribution in [0.4, 0.5) is 0 Å². The van der Waals surface area contributed by atoms with Crippen molar-refractivity contribution in [1.29, 1.82) is 0 Å². The zero-order valence-electron chi connectivity index (χ0n) is 20.2. The van der Waals surface area contributed by atoms with Crippen LogP contribution in [0.1, 0.15) is 49.3 Å². The van der Waals surface area contributed by atoms with Crippen LogP contribution in [0.3, 0.4) is 0 Å². The predicted octanol–water partition coefficient (Wildman–Crippen LogP) is 4.49. The first-order valence-electron chi connectivity index (χ1n) is 11.9.